The normalized spacial score (nSPS) is 11.9. The van der Waals surface area contributed by atoms with E-state index in [1.807, 2.05) is 6.92 Å². The van der Waals surface area contributed by atoms with Gasteiger partial charge in [-0.2, -0.15) is 4.31 Å². The van der Waals surface area contributed by atoms with Gasteiger partial charge in [0.15, 0.2) is 0 Å². The summed E-state index contributed by atoms with van der Waals surface area (Å²) in [7, 11) is -0.874. The van der Waals surface area contributed by atoms with Gasteiger partial charge < -0.3 is 9.47 Å². The SMILES string of the molecule is COCCN(CCC(=O)OC)S(=O)(=O)c1cc(C)c(Br)s1. The molecule has 6 nitrogen and oxygen atoms in total. The summed E-state index contributed by atoms with van der Waals surface area (Å²) in [5, 5.41) is 0. The largest absolute Gasteiger partial charge is 0.469 e. The second-order valence-corrected chi connectivity index (χ2v) is 8.78. The highest BCUT2D eigenvalue weighted by Gasteiger charge is 2.27. The van der Waals surface area contributed by atoms with Crippen molar-refractivity contribution in [1.82, 2.24) is 4.31 Å². The molecule has 0 aliphatic heterocycles. The average Bonchev–Trinajstić information content (AvgIpc) is 2.78. The summed E-state index contributed by atoms with van der Waals surface area (Å²) >= 11 is 4.47. The Morgan fingerprint density at radius 3 is 2.52 bits per heavy atom. The van der Waals surface area contributed by atoms with Crippen LogP contribution in [-0.4, -0.2) is 52.6 Å². The lowest BCUT2D eigenvalue weighted by Gasteiger charge is -2.20. The van der Waals surface area contributed by atoms with E-state index in [0.717, 1.165) is 20.7 Å². The zero-order valence-electron chi connectivity index (χ0n) is 12.1. The Balaban J connectivity index is 2.96. The number of aryl methyl sites for hydroxylation is 1. The molecule has 0 unspecified atom stereocenters. The van der Waals surface area contributed by atoms with Gasteiger partial charge in [-0.25, -0.2) is 8.42 Å². The highest BCUT2D eigenvalue weighted by Crippen LogP contribution is 2.32. The molecule has 0 saturated heterocycles. The molecule has 9 heteroatoms. The maximum atomic E-state index is 12.6. The first kappa shape index (κ1) is 18.6. The number of carbonyl (C=O) groups is 1. The smallest absolute Gasteiger partial charge is 0.306 e. The fourth-order valence-corrected chi connectivity index (χ4v) is 5.35. The minimum Gasteiger partial charge on any atom is -0.469 e. The number of rotatable bonds is 8. The summed E-state index contributed by atoms with van der Waals surface area (Å²) in [6, 6.07) is 1.61. The summed E-state index contributed by atoms with van der Waals surface area (Å²) in [5.41, 5.74) is 0.859. The van der Waals surface area contributed by atoms with Gasteiger partial charge in [-0.05, 0) is 34.5 Å². The third kappa shape index (κ3) is 5.03. The molecule has 0 aromatic carbocycles. The summed E-state index contributed by atoms with van der Waals surface area (Å²) in [4.78, 5) is 11.2. The molecule has 1 heterocycles. The fraction of sp³-hybridized carbons (Fsp3) is 0.583. The van der Waals surface area contributed by atoms with Crippen molar-refractivity contribution in [1.29, 1.82) is 0 Å². The van der Waals surface area contributed by atoms with Crippen LogP contribution in [0.3, 0.4) is 0 Å². The lowest BCUT2D eigenvalue weighted by molar-refractivity contribution is -0.140. The van der Waals surface area contributed by atoms with Gasteiger partial charge in [0.2, 0.25) is 0 Å². The van der Waals surface area contributed by atoms with E-state index in [0.29, 0.717) is 0 Å². The van der Waals surface area contributed by atoms with Crippen LogP contribution in [0.25, 0.3) is 0 Å². The Bertz CT molecular complexity index is 565. The van der Waals surface area contributed by atoms with E-state index in [1.165, 1.54) is 18.5 Å². The van der Waals surface area contributed by atoms with E-state index in [-0.39, 0.29) is 30.3 Å². The standard InChI is InChI=1S/C12H18BrNO5S2/c1-9-8-11(20-12(9)13)21(16,17)14(6-7-18-2)5-4-10(15)19-3/h8H,4-7H2,1-3H3. The molecule has 0 aliphatic carbocycles. The summed E-state index contributed by atoms with van der Waals surface area (Å²) in [6.07, 6.45) is 0.00493. The number of hydrogen-bond donors (Lipinski definition) is 0. The second kappa shape index (κ2) is 8.23. The van der Waals surface area contributed by atoms with Crippen LogP contribution in [-0.2, 0) is 24.3 Å². The fourth-order valence-electron chi connectivity index (χ4n) is 1.55. The number of esters is 1. The number of ether oxygens (including phenoxy) is 2. The van der Waals surface area contributed by atoms with Gasteiger partial charge in [0.1, 0.15) is 4.21 Å². The molecule has 120 valence electrons. The van der Waals surface area contributed by atoms with E-state index in [4.69, 9.17) is 4.74 Å². The third-order valence-corrected chi connectivity index (χ3v) is 7.25. The number of sulfonamides is 1. The molecule has 0 aliphatic rings. The van der Waals surface area contributed by atoms with Crippen molar-refractivity contribution in [2.45, 2.75) is 17.6 Å². The monoisotopic (exact) mass is 399 g/mol. The molecule has 1 aromatic heterocycles. The van der Waals surface area contributed by atoms with Gasteiger partial charge in [-0.1, -0.05) is 0 Å². The van der Waals surface area contributed by atoms with E-state index in [1.54, 1.807) is 6.07 Å². The lowest BCUT2D eigenvalue weighted by atomic mass is 10.4. The van der Waals surface area contributed by atoms with Gasteiger partial charge in [0.05, 0.1) is 23.9 Å². The molecule has 0 fully saturated rings. The molecule has 0 N–H and O–H groups in total. The van der Waals surface area contributed by atoms with Crippen molar-refractivity contribution in [3.8, 4) is 0 Å². The topological polar surface area (TPSA) is 72.9 Å². The molecule has 21 heavy (non-hydrogen) atoms. The quantitative estimate of drug-likeness (QED) is 0.625. The van der Waals surface area contributed by atoms with Crippen molar-refractivity contribution in [3.63, 3.8) is 0 Å². The van der Waals surface area contributed by atoms with E-state index in [9.17, 15) is 13.2 Å². The van der Waals surface area contributed by atoms with Crippen molar-refractivity contribution in [2.75, 3.05) is 33.9 Å². The molecular formula is C12H18BrNO5S2. The molecule has 0 saturated carbocycles. The zero-order valence-corrected chi connectivity index (χ0v) is 15.3. The van der Waals surface area contributed by atoms with Crippen molar-refractivity contribution in [2.24, 2.45) is 0 Å². The number of thiophene rings is 1. The van der Waals surface area contributed by atoms with Gasteiger partial charge >= 0.3 is 5.97 Å². The predicted molar refractivity (Wildman–Crippen MR) is 84.0 cm³/mol. The predicted octanol–water partition coefficient (Wildman–Crippen LogP) is 2.02. The van der Waals surface area contributed by atoms with E-state index < -0.39 is 16.0 Å². The third-order valence-electron chi connectivity index (χ3n) is 2.77. The minimum absolute atomic E-state index is 0.00493. The number of methoxy groups -OCH3 is 2. The first-order valence-electron chi connectivity index (χ1n) is 6.14. The van der Waals surface area contributed by atoms with Crippen LogP contribution in [0.4, 0.5) is 0 Å². The van der Waals surface area contributed by atoms with Gasteiger partial charge in [0.25, 0.3) is 10.0 Å². The summed E-state index contributed by atoms with van der Waals surface area (Å²) < 4.78 is 37.0. The molecule has 0 radical (unpaired) electrons. The van der Waals surface area contributed by atoms with Gasteiger partial charge in [0, 0.05) is 20.2 Å². The molecule has 0 bridgehead atoms. The minimum atomic E-state index is -3.64. The zero-order chi connectivity index (χ0) is 16.0. The van der Waals surface area contributed by atoms with E-state index in [2.05, 4.69) is 20.7 Å². The van der Waals surface area contributed by atoms with Crippen molar-refractivity contribution in [3.05, 3.63) is 15.4 Å². The van der Waals surface area contributed by atoms with Crippen LogP contribution in [0.5, 0.6) is 0 Å². The maximum absolute atomic E-state index is 12.6. The lowest BCUT2D eigenvalue weighted by Crippen LogP contribution is -2.35. The van der Waals surface area contributed by atoms with Crippen LogP contribution in [0.15, 0.2) is 14.1 Å². The van der Waals surface area contributed by atoms with Crippen LogP contribution in [0, 0.1) is 6.92 Å². The number of hydrogen-bond acceptors (Lipinski definition) is 6. The molecule has 0 atom stereocenters. The summed E-state index contributed by atoms with van der Waals surface area (Å²) in [6.45, 7) is 2.33. The van der Waals surface area contributed by atoms with Crippen LogP contribution >= 0.6 is 27.3 Å². The van der Waals surface area contributed by atoms with Crippen LogP contribution in [0.2, 0.25) is 0 Å². The highest BCUT2D eigenvalue weighted by molar-refractivity contribution is 9.11. The maximum Gasteiger partial charge on any atom is 0.306 e. The second-order valence-electron chi connectivity index (χ2n) is 4.25. The van der Waals surface area contributed by atoms with Crippen LogP contribution in [0.1, 0.15) is 12.0 Å². The summed E-state index contributed by atoms with van der Waals surface area (Å²) in [5.74, 6) is -0.448. The van der Waals surface area contributed by atoms with E-state index >= 15 is 0 Å². The molecule has 1 rings (SSSR count). The average molecular weight is 400 g/mol. The van der Waals surface area contributed by atoms with Gasteiger partial charge in [-0.3, -0.25) is 4.79 Å². The Morgan fingerprint density at radius 2 is 2.05 bits per heavy atom. The number of halogens is 1. The van der Waals surface area contributed by atoms with Crippen molar-refractivity contribution >= 4 is 43.3 Å². The first-order chi connectivity index (χ1) is 9.82. The van der Waals surface area contributed by atoms with Gasteiger partial charge in [-0.15, -0.1) is 11.3 Å². The highest BCUT2D eigenvalue weighted by atomic mass is 79.9. The molecule has 0 spiro atoms. The Morgan fingerprint density at radius 1 is 1.38 bits per heavy atom. The number of carbonyl (C=O) groups excluding carboxylic acids is 1. The molecular weight excluding hydrogens is 382 g/mol. The Kier molecular flexibility index (Phi) is 7.28. The number of nitrogens with zero attached hydrogens (tertiary/aromatic N) is 1. The Hall–Kier alpha value is -0.480. The van der Waals surface area contributed by atoms with Crippen molar-refractivity contribution < 1.29 is 22.7 Å². The molecule has 0 amide bonds. The Labute approximate surface area is 137 Å². The first-order valence-corrected chi connectivity index (χ1v) is 9.19. The molecule has 1 aromatic rings. The van der Waals surface area contributed by atoms with Crippen LogP contribution < -0.4 is 0 Å².